The smallest absolute Gasteiger partial charge is 0.242 e. The lowest BCUT2D eigenvalue weighted by atomic mass is 10.1. The predicted octanol–water partition coefficient (Wildman–Crippen LogP) is 3.25. The van der Waals surface area contributed by atoms with Crippen molar-refractivity contribution in [3.63, 3.8) is 0 Å². The molecule has 0 aliphatic heterocycles. The Morgan fingerprint density at radius 1 is 1.00 bits per heavy atom. The number of hydrogen-bond acceptors (Lipinski definition) is 6. The maximum Gasteiger partial charge on any atom is 0.242 e. The minimum atomic E-state index is -0.637. The van der Waals surface area contributed by atoms with Crippen molar-refractivity contribution in [2.24, 2.45) is 0 Å². The summed E-state index contributed by atoms with van der Waals surface area (Å²) in [7, 11) is 0. The number of nitrogen functional groups attached to an aromatic ring is 2. The van der Waals surface area contributed by atoms with Crippen LogP contribution in [0.25, 0.3) is 0 Å². The van der Waals surface area contributed by atoms with Gasteiger partial charge in [0.15, 0.2) is 5.16 Å². The van der Waals surface area contributed by atoms with Crippen LogP contribution in [0.1, 0.15) is 10.8 Å². The largest absolute Gasteiger partial charge is 0.383 e. The van der Waals surface area contributed by atoms with Crippen molar-refractivity contribution in [1.29, 1.82) is 0 Å². The highest BCUT2D eigenvalue weighted by Crippen LogP contribution is 2.35. The predicted molar refractivity (Wildman–Crippen MR) is 101 cm³/mol. The van der Waals surface area contributed by atoms with Crippen molar-refractivity contribution in [1.82, 2.24) is 9.97 Å². The van der Waals surface area contributed by atoms with E-state index in [2.05, 4.69) is 15.3 Å². The molecular formula is C18H16FN5OS. The molecule has 0 saturated heterocycles. The minimum Gasteiger partial charge on any atom is -0.383 e. The number of rotatable bonds is 5. The summed E-state index contributed by atoms with van der Waals surface area (Å²) in [6, 6.07) is 16.2. The van der Waals surface area contributed by atoms with Gasteiger partial charge in [-0.25, -0.2) is 14.4 Å². The molecule has 0 aliphatic carbocycles. The van der Waals surface area contributed by atoms with E-state index < -0.39 is 5.25 Å². The van der Waals surface area contributed by atoms with Crippen molar-refractivity contribution >= 4 is 35.0 Å². The number of hydrogen-bond donors (Lipinski definition) is 3. The molecule has 2 aromatic carbocycles. The summed E-state index contributed by atoms with van der Waals surface area (Å²) in [5.74, 6) is -0.213. The highest BCUT2D eigenvalue weighted by Gasteiger charge is 2.24. The Labute approximate surface area is 153 Å². The molecule has 0 bridgehead atoms. The number of carbonyl (C=O) groups is 1. The van der Waals surface area contributed by atoms with Gasteiger partial charge in [0, 0.05) is 11.8 Å². The maximum atomic E-state index is 13.1. The molecule has 3 aromatic rings. The zero-order valence-corrected chi connectivity index (χ0v) is 14.4. The minimum absolute atomic E-state index is 0.228. The van der Waals surface area contributed by atoms with Gasteiger partial charge in [-0.15, -0.1) is 0 Å². The molecule has 0 spiro atoms. The van der Waals surface area contributed by atoms with Crippen LogP contribution in [0.15, 0.2) is 65.8 Å². The second-order valence-electron chi connectivity index (χ2n) is 5.40. The lowest BCUT2D eigenvalue weighted by Crippen LogP contribution is -2.19. The van der Waals surface area contributed by atoms with Gasteiger partial charge in [0.25, 0.3) is 0 Å². The van der Waals surface area contributed by atoms with Crippen LogP contribution in [0.3, 0.4) is 0 Å². The van der Waals surface area contributed by atoms with E-state index in [1.807, 2.05) is 30.3 Å². The summed E-state index contributed by atoms with van der Waals surface area (Å²) >= 11 is 1.13. The molecular weight excluding hydrogens is 353 g/mol. The lowest BCUT2D eigenvalue weighted by Gasteiger charge is -2.16. The summed E-state index contributed by atoms with van der Waals surface area (Å²) < 4.78 is 13.1. The first kappa shape index (κ1) is 17.7. The maximum absolute atomic E-state index is 13.1. The molecule has 132 valence electrons. The molecule has 26 heavy (non-hydrogen) atoms. The molecule has 1 atom stereocenters. The number of anilines is 3. The molecule has 1 aromatic heterocycles. The number of nitrogens with one attached hydrogen (secondary N) is 1. The molecule has 0 aliphatic rings. The number of nitrogens with two attached hydrogens (primary N) is 2. The van der Waals surface area contributed by atoms with Gasteiger partial charge in [-0.1, -0.05) is 42.1 Å². The third-order valence-electron chi connectivity index (χ3n) is 3.42. The number of halogens is 1. The van der Waals surface area contributed by atoms with Crippen LogP contribution in [0.5, 0.6) is 0 Å². The Morgan fingerprint density at radius 3 is 2.23 bits per heavy atom. The Bertz CT molecular complexity index is 885. The van der Waals surface area contributed by atoms with Gasteiger partial charge in [0.1, 0.15) is 22.7 Å². The topological polar surface area (TPSA) is 107 Å². The normalized spacial score (nSPS) is 11.7. The van der Waals surface area contributed by atoms with Crippen molar-refractivity contribution in [2.45, 2.75) is 10.4 Å². The van der Waals surface area contributed by atoms with Gasteiger partial charge in [-0.2, -0.15) is 0 Å². The molecule has 3 rings (SSSR count). The molecule has 6 nitrogen and oxygen atoms in total. The van der Waals surface area contributed by atoms with Crippen molar-refractivity contribution in [2.75, 3.05) is 16.8 Å². The van der Waals surface area contributed by atoms with E-state index in [0.717, 1.165) is 17.3 Å². The average Bonchev–Trinajstić information content (AvgIpc) is 2.61. The number of aromatic nitrogens is 2. The first-order valence-electron chi connectivity index (χ1n) is 7.69. The van der Waals surface area contributed by atoms with E-state index >= 15 is 0 Å². The van der Waals surface area contributed by atoms with Crippen LogP contribution in [0, 0.1) is 5.82 Å². The number of nitrogens with zero attached hydrogens (tertiary/aromatic N) is 2. The Hall–Kier alpha value is -3.13. The summed E-state index contributed by atoms with van der Waals surface area (Å²) in [5, 5.41) is 2.43. The molecule has 5 N–H and O–H groups in total. The number of benzene rings is 2. The Kier molecular flexibility index (Phi) is 5.33. The van der Waals surface area contributed by atoms with E-state index in [1.165, 1.54) is 30.3 Å². The quantitative estimate of drug-likeness (QED) is 0.471. The second kappa shape index (κ2) is 7.83. The van der Waals surface area contributed by atoms with Crippen molar-refractivity contribution in [3.8, 4) is 0 Å². The average molecular weight is 369 g/mol. The summed E-state index contributed by atoms with van der Waals surface area (Å²) in [5.41, 5.74) is 12.7. The molecule has 0 saturated carbocycles. The van der Waals surface area contributed by atoms with E-state index in [1.54, 1.807) is 0 Å². The fourth-order valence-corrected chi connectivity index (χ4v) is 3.25. The van der Waals surface area contributed by atoms with Crippen LogP contribution in [-0.2, 0) is 4.79 Å². The van der Waals surface area contributed by atoms with Gasteiger partial charge in [-0.3, -0.25) is 4.79 Å². The van der Waals surface area contributed by atoms with Crippen molar-refractivity contribution < 1.29 is 9.18 Å². The van der Waals surface area contributed by atoms with E-state index in [9.17, 15) is 9.18 Å². The van der Waals surface area contributed by atoms with Gasteiger partial charge in [0.05, 0.1) is 0 Å². The highest BCUT2D eigenvalue weighted by molar-refractivity contribution is 8.00. The third-order valence-corrected chi connectivity index (χ3v) is 4.54. The highest BCUT2D eigenvalue weighted by atomic mass is 32.2. The monoisotopic (exact) mass is 369 g/mol. The fraction of sp³-hybridized carbons (Fsp3) is 0.0556. The van der Waals surface area contributed by atoms with Gasteiger partial charge in [0.2, 0.25) is 5.91 Å². The molecule has 0 radical (unpaired) electrons. The first-order valence-corrected chi connectivity index (χ1v) is 8.57. The molecule has 1 heterocycles. The standard InChI is InChI=1S/C18H16FN5OS/c19-12-6-8-13(9-7-12)22-17(25)16(11-4-2-1-3-5-11)26-18-23-14(20)10-15(21)24-18/h1-10,16H,(H,22,25)(H4,20,21,23,24). The van der Waals surface area contributed by atoms with Crippen LogP contribution >= 0.6 is 11.8 Å². The van der Waals surface area contributed by atoms with Gasteiger partial charge < -0.3 is 16.8 Å². The van der Waals surface area contributed by atoms with Crippen molar-refractivity contribution in [3.05, 3.63) is 72.0 Å². The molecule has 0 fully saturated rings. The Balaban J connectivity index is 1.87. The van der Waals surface area contributed by atoms with Crippen LogP contribution in [-0.4, -0.2) is 15.9 Å². The van der Waals surface area contributed by atoms with E-state index in [4.69, 9.17) is 11.5 Å². The SMILES string of the molecule is Nc1cc(N)nc(SC(C(=O)Nc2ccc(F)cc2)c2ccccc2)n1. The first-order chi connectivity index (χ1) is 12.5. The summed E-state index contributed by atoms with van der Waals surface area (Å²) in [4.78, 5) is 21.1. The zero-order chi connectivity index (χ0) is 18.5. The summed E-state index contributed by atoms with van der Waals surface area (Å²) in [6.45, 7) is 0. The lowest BCUT2D eigenvalue weighted by molar-refractivity contribution is -0.115. The number of carbonyl (C=O) groups excluding carboxylic acids is 1. The number of amides is 1. The van der Waals surface area contributed by atoms with Crippen LogP contribution in [0.2, 0.25) is 0 Å². The van der Waals surface area contributed by atoms with Gasteiger partial charge in [-0.05, 0) is 29.8 Å². The fourth-order valence-electron chi connectivity index (χ4n) is 2.26. The molecule has 1 unspecified atom stereocenters. The molecule has 1 amide bonds. The van der Waals surface area contributed by atoms with Crippen LogP contribution < -0.4 is 16.8 Å². The Morgan fingerprint density at radius 2 is 1.62 bits per heavy atom. The zero-order valence-electron chi connectivity index (χ0n) is 13.6. The van der Waals surface area contributed by atoms with Gasteiger partial charge >= 0.3 is 0 Å². The second-order valence-corrected chi connectivity index (χ2v) is 6.48. The summed E-state index contributed by atoms with van der Waals surface area (Å²) in [6.07, 6.45) is 0. The van der Waals surface area contributed by atoms with E-state index in [0.29, 0.717) is 10.8 Å². The van der Waals surface area contributed by atoms with E-state index in [-0.39, 0.29) is 23.4 Å². The number of thioether (sulfide) groups is 1. The van der Waals surface area contributed by atoms with Crippen LogP contribution in [0.4, 0.5) is 21.7 Å². The third kappa shape index (κ3) is 4.48. The molecule has 8 heteroatoms.